The molecule has 0 amide bonds. The average molecular weight is 185 g/mol. The van der Waals surface area contributed by atoms with Gasteiger partial charge >= 0.3 is 0 Å². The van der Waals surface area contributed by atoms with E-state index in [0.29, 0.717) is 5.88 Å². The van der Waals surface area contributed by atoms with Gasteiger partial charge in [-0.25, -0.2) is 0 Å². The molecule has 0 atom stereocenters. The highest BCUT2D eigenvalue weighted by molar-refractivity contribution is 6.16. The van der Waals surface area contributed by atoms with E-state index in [4.69, 9.17) is 11.6 Å². The maximum absolute atomic E-state index is 5.59. The highest BCUT2D eigenvalue weighted by Gasteiger charge is 2.15. The zero-order chi connectivity index (χ0) is 9.19. The molecule has 0 radical (unpaired) electrons. The first-order valence-corrected chi connectivity index (χ1v) is 4.46. The van der Waals surface area contributed by atoms with Crippen molar-refractivity contribution in [2.75, 3.05) is 0 Å². The van der Waals surface area contributed by atoms with Gasteiger partial charge in [0.05, 0.1) is 17.3 Å². The summed E-state index contributed by atoms with van der Waals surface area (Å²) >= 11 is 5.59. The van der Waals surface area contributed by atoms with Crippen molar-refractivity contribution in [1.82, 2.24) is 10.2 Å². The molecule has 0 saturated carbocycles. The second kappa shape index (κ2) is 3.40. The van der Waals surface area contributed by atoms with Crippen LogP contribution in [0.25, 0.3) is 0 Å². The lowest BCUT2D eigenvalue weighted by Gasteiger charge is -2.16. The molecule has 0 N–H and O–H groups in total. The minimum absolute atomic E-state index is 0.0673. The van der Waals surface area contributed by atoms with Gasteiger partial charge in [0.25, 0.3) is 0 Å². The molecule has 12 heavy (non-hydrogen) atoms. The lowest BCUT2D eigenvalue weighted by atomic mass is 9.92. The molecule has 0 bridgehead atoms. The van der Waals surface area contributed by atoms with Crippen molar-refractivity contribution in [3.8, 4) is 0 Å². The summed E-state index contributed by atoms with van der Waals surface area (Å²) in [5, 5.41) is 8.07. The summed E-state index contributed by atoms with van der Waals surface area (Å²) in [6.45, 7) is 6.33. The quantitative estimate of drug-likeness (QED) is 0.627. The largest absolute Gasteiger partial charge is 0.155 e. The van der Waals surface area contributed by atoms with Crippen LogP contribution in [0.4, 0.5) is 0 Å². The van der Waals surface area contributed by atoms with Crippen LogP contribution in [-0.2, 0) is 11.3 Å². The third-order valence-corrected chi connectivity index (χ3v) is 1.90. The summed E-state index contributed by atoms with van der Waals surface area (Å²) in [6, 6.07) is 3.89. The normalized spacial score (nSPS) is 11.7. The maximum atomic E-state index is 5.59. The van der Waals surface area contributed by atoms with E-state index < -0.39 is 0 Å². The van der Waals surface area contributed by atoms with Gasteiger partial charge in [-0.3, -0.25) is 0 Å². The van der Waals surface area contributed by atoms with Crippen molar-refractivity contribution in [2.45, 2.75) is 32.1 Å². The van der Waals surface area contributed by atoms with Crippen molar-refractivity contribution >= 4 is 11.6 Å². The van der Waals surface area contributed by atoms with E-state index in [2.05, 4.69) is 31.0 Å². The highest BCUT2D eigenvalue weighted by Crippen LogP contribution is 2.18. The predicted molar refractivity (Wildman–Crippen MR) is 50.3 cm³/mol. The molecule has 0 spiro atoms. The Morgan fingerprint density at radius 2 is 1.92 bits per heavy atom. The van der Waals surface area contributed by atoms with Crippen LogP contribution < -0.4 is 0 Å². The Bertz CT molecular complexity index is 248. The molecule has 1 aromatic heterocycles. The first-order chi connectivity index (χ1) is 5.54. The fraction of sp³-hybridized carbons (Fsp3) is 0.556. The van der Waals surface area contributed by atoms with Crippen LogP contribution in [0.15, 0.2) is 12.1 Å². The Labute approximate surface area is 78.0 Å². The van der Waals surface area contributed by atoms with E-state index in [1.165, 1.54) is 0 Å². The van der Waals surface area contributed by atoms with Gasteiger partial charge < -0.3 is 0 Å². The Kier molecular flexibility index (Phi) is 2.68. The van der Waals surface area contributed by atoms with Crippen LogP contribution >= 0.6 is 11.6 Å². The van der Waals surface area contributed by atoms with Crippen molar-refractivity contribution in [1.29, 1.82) is 0 Å². The third-order valence-electron chi connectivity index (χ3n) is 1.63. The van der Waals surface area contributed by atoms with E-state index in [1.807, 2.05) is 12.1 Å². The zero-order valence-corrected chi connectivity index (χ0v) is 8.39. The molecule has 66 valence electrons. The number of aromatic nitrogens is 2. The standard InChI is InChI=1S/C9H13ClN2/c1-9(2,3)8-5-4-7(6-10)11-12-8/h4-5H,6H2,1-3H3. The van der Waals surface area contributed by atoms with Gasteiger partial charge in [-0.1, -0.05) is 20.8 Å². The molecule has 0 fully saturated rings. The number of hydrogen-bond acceptors (Lipinski definition) is 2. The number of alkyl halides is 1. The molecule has 0 aromatic carbocycles. The van der Waals surface area contributed by atoms with Gasteiger partial charge in [-0.15, -0.1) is 11.6 Å². The number of nitrogens with zero attached hydrogens (tertiary/aromatic N) is 2. The summed E-state index contributed by atoms with van der Waals surface area (Å²) in [7, 11) is 0. The zero-order valence-electron chi connectivity index (χ0n) is 7.63. The molecule has 0 unspecified atom stereocenters. The summed E-state index contributed by atoms with van der Waals surface area (Å²) in [5.74, 6) is 0.428. The lowest BCUT2D eigenvalue weighted by molar-refractivity contribution is 0.557. The van der Waals surface area contributed by atoms with Gasteiger partial charge in [0.15, 0.2) is 0 Å². The number of halogens is 1. The van der Waals surface area contributed by atoms with Crippen molar-refractivity contribution in [3.63, 3.8) is 0 Å². The SMILES string of the molecule is CC(C)(C)c1ccc(CCl)nn1. The fourth-order valence-corrected chi connectivity index (χ4v) is 0.974. The van der Waals surface area contributed by atoms with Crippen LogP contribution in [0.1, 0.15) is 32.2 Å². The van der Waals surface area contributed by atoms with E-state index in [9.17, 15) is 0 Å². The summed E-state index contributed by atoms with van der Waals surface area (Å²) in [4.78, 5) is 0. The van der Waals surface area contributed by atoms with Crippen LogP contribution in [0.5, 0.6) is 0 Å². The van der Waals surface area contributed by atoms with Crippen LogP contribution in [0.3, 0.4) is 0 Å². The van der Waals surface area contributed by atoms with E-state index >= 15 is 0 Å². The molecule has 3 heteroatoms. The van der Waals surface area contributed by atoms with Crippen LogP contribution in [-0.4, -0.2) is 10.2 Å². The second-order valence-electron chi connectivity index (χ2n) is 3.79. The molecule has 1 rings (SSSR count). The molecule has 0 aliphatic carbocycles. The molecule has 0 aliphatic heterocycles. The molecular weight excluding hydrogens is 172 g/mol. The Morgan fingerprint density at radius 3 is 2.25 bits per heavy atom. The van der Waals surface area contributed by atoms with Crippen LogP contribution in [0, 0.1) is 0 Å². The molecule has 1 aromatic rings. The Balaban J connectivity index is 2.93. The summed E-state index contributed by atoms with van der Waals surface area (Å²) in [5.41, 5.74) is 1.89. The van der Waals surface area contributed by atoms with Gasteiger partial charge in [0.2, 0.25) is 0 Å². The first-order valence-electron chi connectivity index (χ1n) is 3.93. The highest BCUT2D eigenvalue weighted by atomic mass is 35.5. The average Bonchev–Trinajstić information content (AvgIpc) is 2.03. The Morgan fingerprint density at radius 1 is 1.25 bits per heavy atom. The van der Waals surface area contributed by atoms with Crippen LogP contribution in [0.2, 0.25) is 0 Å². The monoisotopic (exact) mass is 184 g/mol. The summed E-state index contributed by atoms with van der Waals surface area (Å²) < 4.78 is 0. The van der Waals surface area contributed by atoms with Gasteiger partial charge in [0, 0.05) is 5.41 Å². The second-order valence-corrected chi connectivity index (χ2v) is 4.06. The molecule has 2 nitrogen and oxygen atoms in total. The lowest BCUT2D eigenvalue weighted by Crippen LogP contribution is -2.14. The Hall–Kier alpha value is -0.630. The smallest absolute Gasteiger partial charge is 0.0778 e. The van der Waals surface area contributed by atoms with Gasteiger partial charge in [0.1, 0.15) is 0 Å². The van der Waals surface area contributed by atoms with Crippen molar-refractivity contribution < 1.29 is 0 Å². The minimum Gasteiger partial charge on any atom is -0.155 e. The predicted octanol–water partition coefficient (Wildman–Crippen LogP) is 2.51. The van der Waals surface area contributed by atoms with E-state index in [0.717, 1.165) is 11.4 Å². The van der Waals surface area contributed by atoms with E-state index in [-0.39, 0.29) is 5.41 Å². The molecule has 0 aliphatic rings. The summed E-state index contributed by atoms with van der Waals surface area (Å²) in [6.07, 6.45) is 0. The first kappa shape index (κ1) is 9.46. The molecule has 1 heterocycles. The van der Waals surface area contributed by atoms with Crippen molar-refractivity contribution in [3.05, 3.63) is 23.5 Å². The number of hydrogen-bond donors (Lipinski definition) is 0. The van der Waals surface area contributed by atoms with Crippen molar-refractivity contribution in [2.24, 2.45) is 0 Å². The fourth-order valence-electron chi connectivity index (χ4n) is 0.831. The number of rotatable bonds is 1. The van der Waals surface area contributed by atoms with Gasteiger partial charge in [-0.05, 0) is 12.1 Å². The maximum Gasteiger partial charge on any atom is 0.0778 e. The third kappa shape index (κ3) is 2.18. The molecule has 0 saturated heterocycles. The molecular formula is C9H13ClN2. The van der Waals surface area contributed by atoms with E-state index in [1.54, 1.807) is 0 Å². The minimum atomic E-state index is 0.0673. The topological polar surface area (TPSA) is 25.8 Å². The van der Waals surface area contributed by atoms with Gasteiger partial charge in [-0.2, -0.15) is 10.2 Å².